The van der Waals surface area contributed by atoms with Gasteiger partial charge in [-0.3, -0.25) is 0 Å². The van der Waals surface area contributed by atoms with Crippen LogP contribution in [0.3, 0.4) is 0 Å². The van der Waals surface area contributed by atoms with Crippen molar-refractivity contribution in [3.8, 4) is 0 Å². The van der Waals surface area contributed by atoms with Crippen LogP contribution in [-0.4, -0.2) is 48.4 Å². The number of likely N-dealkylation sites (tertiary alicyclic amines) is 1. The molecule has 0 atom stereocenters. The van der Waals surface area contributed by atoms with Gasteiger partial charge in [-0.15, -0.1) is 0 Å². The predicted molar refractivity (Wildman–Crippen MR) is 67.1 cm³/mol. The summed E-state index contributed by atoms with van der Waals surface area (Å²) in [7, 11) is 1.92. The summed E-state index contributed by atoms with van der Waals surface area (Å²) < 4.78 is 5.04. The van der Waals surface area contributed by atoms with Crippen molar-refractivity contribution in [1.29, 1.82) is 0 Å². The molecular weight excluding hydrogens is 232 g/mol. The van der Waals surface area contributed by atoms with Crippen LogP contribution in [0.25, 0.3) is 0 Å². The van der Waals surface area contributed by atoms with Crippen LogP contribution in [0.1, 0.15) is 5.56 Å². The molecule has 2 rings (SSSR count). The molecule has 5 nitrogen and oxygen atoms in total. The Labute approximate surface area is 106 Å². The van der Waals surface area contributed by atoms with Crippen LogP contribution in [-0.2, 0) is 11.3 Å². The number of benzene rings is 1. The van der Waals surface area contributed by atoms with Gasteiger partial charge in [0.15, 0.2) is 0 Å². The van der Waals surface area contributed by atoms with Gasteiger partial charge >= 0.3 is 6.09 Å². The number of nitrogens with zero attached hydrogens (tertiary/aromatic N) is 1. The second-order valence-corrected chi connectivity index (χ2v) is 4.81. The number of likely N-dealkylation sites (N-methyl/N-ethyl adjacent to an activating group) is 1. The minimum absolute atomic E-state index is 0.227. The molecule has 1 aliphatic rings. The average Bonchev–Trinajstić information content (AvgIpc) is 2.33. The van der Waals surface area contributed by atoms with Crippen molar-refractivity contribution in [1.82, 2.24) is 10.2 Å². The number of hydrogen-bond donors (Lipinski definition) is 2. The average molecular weight is 250 g/mol. The van der Waals surface area contributed by atoms with E-state index in [4.69, 9.17) is 4.74 Å². The summed E-state index contributed by atoms with van der Waals surface area (Å²) in [5.74, 6) is 0. The van der Waals surface area contributed by atoms with E-state index >= 15 is 0 Å². The molecule has 98 valence electrons. The largest absolute Gasteiger partial charge is 0.445 e. The van der Waals surface area contributed by atoms with Crippen molar-refractivity contribution < 1.29 is 14.6 Å². The highest BCUT2D eigenvalue weighted by molar-refractivity contribution is 5.67. The van der Waals surface area contributed by atoms with Gasteiger partial charge in [-0.25, -0.2) is 4.79 Å². The summed E-state index contributed by atoms with van der Waals surface area (Å²) in [6.45, 7) is 1.62. The van der Waals surface area contributed by atoms with Crippen molar-refractivity contribution in [2.45, 2.75) is 12.2 Å². The lowest BCUT2D eigenvalue weighted by Crippen LogP contribution is -2.64. The van der Waals surface area contributed by atoms with Gasteiger partial charge in [-0.05, 0) is 12.6 Å². The molecule has 1 aromatic carbocycles. The molecular formula is C13H18N2O3. The zero-order valence-electron chi connectivity index (χ0n) is 10.4. The first-order valence-electron chi connectivity index (χ1n) is 5.93. The Morgan fingerprint density at radius 3 is 2.72 bits per heavy atom. The highest BCUT2D eigenvalue weighted by Gasteiger charge is 2.39. The summed E-state index contributed by atoms with van der Waals surface area (Å²) in [6, 6.07) is 9.47. The molecule has 1 aromatic rings. The summed E-state index contributed by atoms with van der Waals surface area (Å²) >= 11 is 0. The van der Waals surface area contributed by atoms with E-state index in [9.17, 15) is 9.90 Å². The molecule has 5 heteroatoms. The molecule has 0 aromatic heterocycles. The number of β-amino-alcohol motifs (C(OH)–C–C–N with tert-alkyl or cyclic N) is 1. The molecule has 2 N–H and O–H groups in total. The van der Waals surface area contributed by atoms with E-state index in [0.717, 1.165) is 5.56 Å². The van der Waals surface area contributed by atoms with E-state index in [2.05, 4.69) is 5.32 Å². The standard InChI is InChI=1S/C13H18N2O3/c1-15-9-13(17,10-15)8-14-12(16)18-7-11-5-3-2-4-6-11/h2-6,17H,7-10H2,1H3,(H,14,16). The van der Waals surface area contributed by atoms with E-state index in [1.54, 1.807) is 0 Å². The SMILES string of the molecule is CN1CC(O)(CNC(=O)OCc2ccccc2)C1. The molecule has 1 fully saturated rings. The molecule has 0 saturated carbocycles. The first kappa shape index (κ1) is 12.9. The second kappa shape index (κ2) is 5.37. The Kier molecular flexibility index (Phi) is 3.84. The number of amides is 1. The van der Waals surface area contributed by atoms with Gasteiger partial charge in [0.2, 0.25) is 0 Å². The topological polar surface area (TPSA) is 61.8 Å². The van der Waals surface area contributed by atoms with E-state index in [1.807, 2.05) is 42.3 Å². The fourth-order valence-electron chi connectivity index (χ4n) is 2.08. The van der Waals surface area contributed by atoms with Gasteiger partial charge in [-0.2, -0.15) is 0 Å². The van der Waals surface area contributed by atoms with Gasteiger partial charge in [0.25, 0.3) is 0 Å². The number of aliphatic hydroxyl groups is 1. The molecule has 1 saturated heterocycles. The van der Waals surface area contributed by atoms with Crippen LogP contribution in [0.2, 0.25) is 0 Å². The predicted octanol–water partition coefficient (Wildman–Crippen LogP) is 0.589. The van der Waals surface area contributed by atoms with Gasteiger partial charge < -0.3 is 20.1 Å². The first-order chi connectivity index (χ1) is 8.57. The maximum Gasteiger partial charge on any atom is 0.407 e. The van der Waals surface area contributed by atoms with Crippen molar-refractivity contribution in [2.75, 3.05) is 26.7 Å². The molecule has 18 heavy (non-hydrogen) atoms. The molecule has 0 aliphatic carbocycles. The monoisotopic (exact) mass is 250 g/mol. The third-order valence-corrected chi connectivity index (χ3v) is 2.90. The molecule has 0 radical (unpaired) electrons. The van der Waals surface area contributed by atoms with Crippen LogP contribution in [0.4, 0.5) is 4.79 Å². The second-order valence-electron chi connectivity index (χ2n) is 4.81. The van der Waals surface area contributed by atoms with Crippen LogP contribution >= 0.6 is 0 Å². The highest BCUT2D eigenvalue weighted by atomic mass is 16.5. The number of carbonyl (C=O) groups excluding carboxylic acids is 1. The number of nitrogens with one attached hydrogen (secondary N) is 1. The Balaban J connectivity index is 1.67. The van der Waals surface area contributed by atoms with Crippen LogP contribution in [0.5, 0.6) is 0 Å². The summed E-state index contributed by atoms with van der Waals surface area (Å²) in [5.41, 5.74) is 0.135. The minimum atomic E-state index is -0.805. The summed E-state index contributed by atoms with van der Waals surface area (Å²) in [5, 5.41) is 12.5. The van der Waals surface area contributed by atoms with E-state index < -0.39 is 11.7 Å². The summed E-state index contributed by atoms with van der Waals surface area (Å²) in [4.78, 5) is 13.4. The molecule has 0 unspecified atom stereocenters. The number of rotatable bonds is 4. The summed E-state index contributed by atoms with van der Waals surface area (Å²) in [6.07, 6.45) is -0.498. The van der Waals surface area contributed by atoms with Gasteiger partial charge in [0.05, 0.1) is 6.54 Å². The molecule has 0 bridgehead atoms. The highest BCUT2D eigenvalue weighted by Crippen LogP contribution is 2.17. The number of hydrogen-bond acceptors (Lipinski definition) is 4. The van der Waals surface area contributed by atoms with E-state index in [0.29, 0.717) is 13.1 Å². The maximum atomic E-state index is 11.4. The zero-order chi connectivity index (χ0) is 13.0. The number of carbonyl (C=O) groups is 1. The van der Waals surface area contributed by atoms with Crippen molar-refractivity contribution in [3.05, 3.63) is 35.9 Å². The molecule has 1 aliphatic heterocycles. The van der Waals surface area contributed by atoms with Crippen LogP contribution in [0, 0.1) is 0 Å². The van der Waals surface area contributed by atoms with Crippen molar-refractivity contribution >= 4 is 6.09 Å². The van der Waals surface area contributed by atoms with E-state index in [-0.39, 0.29) is 13.2 Å². The maximum absolute atomic E-state index is 11.4. The van der Waals surface area contributed by atoms with Gasteiger partial charge in [-0.1, -0.05) is 30.3 Å². The first-order valence-corrected chi connectivity index (χ1v) is 5.93. The third kappa shape index (κ3) is 3.45. The Morgan fingerprint density at radius 2 is 2.11 bits per heavy atom. The van der Waals surface area contributed by atoms with E-state index in [1.165, 1.54) is 0 Å². The number of alkyl carbamates (subject to hydrolysis) is 1. The molecule has 1 amide bonds. The van der Waals surface area contributed by atoms with Crippen LogP contribution < -0.4 is 5.32 Å². The molecule has 1 heterocycles. The lowest BCUT2D eigenvalue weighted by molar-refractivity contribution is -0.0826. The fraction of sp³-hybridized carbons (Fsp3) is 0.462. The fourth-order valence-corrected chi connectivity index (χ4v) is 2.08. The van der Waals surface area contributed by atoms with Gasteiger partial charge in [0.1, 0.15) is 12.2 Å². The van der Waals surface area contributed by atoms with Crippen molar-refractivity contribution in [3.63, 3.8) is 0 Å². The smallest absolute Gasteiger partial charge is 0.407 e. The van der Waals surface area contributed by atoms with Crippen molar-refractivity contribution in [2.24, 2.45) is 0 Å². The lowest BCUT2D eigenvalue weighted by atomic mass is 9.95. The molecule has 0 spiro atoms. The Hall–Kier alpha value is -1.59. The normalized spacial score (nSPS) is 17.9. The van der Waals surface area contributed by atoms with Crippen LogP contribution in [0.15, 0.2) is 30.3 Å². The zero-order valence-corrected chi connectivity index (χ0v) is 10.4. The minimum Gasteiger partial charge on any atom is -0.445 e. The Morgan fingerprint density at radius 1 is 1.44 bits per heavy atom. The van der Waals surface area contributed by atoms with Gasteiger partial charge in [0, 0.05) is 13.1 Å². The quantitative estimate of drug-likeness (QED) is 0.821. The third-order valence-electron chi connectivity index (χ3n) is 2.90. The Bertz CT molecular complexity index is 402. The lowest BCUT2D eigenvalue weighted by Gasteiger charge is -2.44. The number of ether oxygens (including phenoxy) is 1.